The van der Waals surface area contributed by atoms with Crippen LogP contribution in [0.1, 0.15) is 12.0 Å². The topological polar surface area (TPSA) is 47.0 Å². The van der Waals surface area contributed by atoms with E-state index in [1.54, 1.807) is 11.3 Å². The highest BCUT2D eigenvalue weighted by molar-refractivity contribution is 7.16. The van der Waals surface area contributed by atoms with E-state index in [1.165, 1.54) is 30.6 Å². The van der Waals surface area contributed by atoms with E-state index in [-0.39, 0.29) is 5.75 Å². The van der Waals surface area contributed by atoms with Crippen LogP contribution >= 0.6 is 11.3 Å². The summed E-state index contributed by atoms with van der Waals surface area (Å²) < 4.78 is 40.0. The van der Waals surface area contributed by atoms with Crippen molar-refractivity contribution < 1.29 is 17.9 Å². The maximum absolute atomic E-state index is 12.1. The number of alkyl halides is 3. The van der Waals surface area contributed by atoms with E-state index < -0.39 is 6.36 Å². The number of fused-ring (bicyclic) bond motifs is 1. The molecule has 0 unspecified atom stereocenters. The first-order valence-corrected chi connectivity index (χ1v) is 8.16. The molecule has 2 heterocycles. The number of halogens is 3. The van der Waals surface area contributed by atoms with E-state index in [4.69, 9.17) is 0 Å². The Labute approximate surface area is 145 Å². The smallest absolute Gasteiger partial charge is 0.406 e. The van der Waals surface area contributed by atoms with E-state index >= 15 is 0 Å². The Balaban J connectivity index is 1.52. The molecule has 1 N–H and O–H groups in total. The molecule has 3 aromatic rings. The standard InChI is InChI=1S/C17H12F3N3OS/c18-17(19,20)24-13-6-4-12(5-7-13)3-1-2-9-21-15-14-8-10-25-16(14)23-11-22-15/h4-8,10-11H,2,9H2,(H,21,22,23). The Morgan fingerprint density at radius 2 is 1.92 bits per heavy atom. The number of rotatable bonds is 4. The van der Waals surface area contributed by atoms with Gasteiger partial charge in [-0.1, -0.05) is 11.8 Å². The van der Waals surface area contributed by atoms with Crippen LogP contribution in [0.2, 0.25) is 0 Å². The largest absolute Gasteiger partial charge is 0.573 e. The summed E-state index contributed by atoms with van der Waals surface area (Å²) in [5, 5.41) is 6.13. The first kappa shape index (κ1) is 17.0. The molecule has 1 aromatic carbocycles. The maximum Gasteiger partial charge on any atom is 0.573 e. The third-order valence-electron chi connectivity index (χ3n) is 3.12. The van der Waals surface area contributed by atoms with Crippen LogP contribution < -0.4 is 10.1 Å². The number of thiophene rings is 1. The Morgan fingerprint density at radius 1 is 1.12 bits per heavy atom. The molecule has 8 heteroatoms. The summed E-state index contributed by atoms with van der Waals surface area (Å²) in [6.45, 7) is 0.601. The molecule has 0 spiro atoms. The number of ether oxygens (including phenoxy) is 1. The van der Waals surface area contributed by atoms with Gasteiger partial charge in [-0.3, -0.25) is 0 Å². The molecule has 0 aliphatic carbocycles. The molecule has 0 saturated heterocycles. The lowest BCUT2D eigenvalue weighted by Gasteiger charge is -2.08. The summed E-state index contributed by atoms with van der Waals surface area (Å²) in [6.07, 6.45) is -2.61. The zero-order chi connectivity index (χ0) is 17.7. The predicted molar refractivity (Wildman–Crippen MR) is 90.5 cm³/mol. The SMILES string of the molecule is FC(F)(F)Oc1ccc(C#CCCNc2ncnc3sccc23)cc1. The maximum atomic E-state index is 12.1. The minimum atomic E-state index is -4.69. The van der Waals surface area contributed by atoms with Crippen LogP contribution in [-0.2, 0) is 0 Å². The van der Waals surface area contributed by atoms with Gasteiger partial charge >= 0.3 is 6.36 Å². The van der Waals surface area contributed by atoms with Gasteiger partial charge in [0.05, 0.1) is 5.39 Å². The fourth-order valence-electron chi connectivity index (χ4n) is 2.08. The number of aromatic nitrogens is 2. The second kappa shape index (κ2) is 7.40. The predicted octanol–water partition coefficient (Wildman–Crippen LogP) is 4.44. The summed E-state index contributed by atoms with van der Waals surface area (Å²) in [6, 6.07) is 7.41. The summed E-state index contributed by atoms with van der Waals surface area (Å²) in [7, 11) is 0. The molecule has 4 nitrogen and oxygen atoms in total. The lowest BCUT2D eigenvalue weighted by molar-refractivity contribution is -0.274. The zero-order valence-corrected chi connectivity index (χ0v) is 13.6. The highest BCUT2D eigenvalue weighted by Gasteiger charge is 2.30. The van der Waals surface area contributed by atoms with Crippen LogP contribution in [0, 0.1) is 11.8 Å². The zero-order valence-electron chi connectivity index (χ0n) is 12.8. The minimum Gasteiger partial charge on any atom is -0.406 e. The summed E-state index contributed by atoms with van der Waals surface area (Å²) in [5.41, 5.74) is 0.622. The van der Waals surface area contributed by atoms with E-state index in [9.17, 15) is 13.2 Å². The van der Waals surface area contributed by atoms with Crippen LogP contribution in [0.15, 0.2) is 42.0 Å². The summed E-state index contributed by atoms with van der Waals surface area (Å²) >= 11 is 1.55. The first-order chi connectivity index (χ1) is 12.0. The number of hydrogen-bond acceptors (Lipinski definition) is 5. The van der Waals surface area contributed by atoms with E-state index in [2.05, 4.69) is 31.9 Å². The Hall–Kier alpha value is -2.79. The Kier molecular flexibility index (Phi) is 5.05. The molecule has 0 atom stereocenters. The normalized spacial score (nSPS) is 11.0. The summed E-state index contributed by atoms with van der Waals surface area (Å²) in [4.78, 5) is 9.30. The molecule has 0 radical (unpaired) electrons. The first-order valence-electron chi connectivity index (χ1n) is 7.28. The molecule has 25 heavy (non-hydrogen) atoms. The van der Waals surface area contributed by atoms with Gasteiger partial charge in [0.2, 0.25) is 0 Å². The van der Waals surface area contributed by atoms with Gasteiger partial charge in [0.1, 0.15) is 22.7 Å². The average molecular weight is 363 g/mol. The molecule has 0 aliphatic rings. The number of hydrogen-bond donors (Lipinski definition) is 1. The second-order valence-corrected chi connectivity index (χ2v) is 5.81. The van der Waals surface area contributed by atoms with E-state index in [1.807, 2.05) is 11.4 Å². The van der Waals surface area contributed by atoms with Crippen LogP contribution in [0.4, 0.5) is 19.0 Å². The quantitative estimate of drug-likeness (QED) is 0.550. The minimum absolute atomic E-state index is 0.261. The molecule has 0 bridgehead atoms. The van der Waals surface area contributed by atoms with Crippen molar-refractivity contribution in [1.29, 1.82) is 0 Å². The molecule has 3 rings (SSSR count). The molecular formula is C17H12F3N3OS. The van der Waals surface area contributed by atoms with E-state index in [0.29, 0.717) is 18.5 Å². The summed E-state index contributed by atoms with van der Waals surface area (Å²) in [5.74, 6) is 6.37. The highest BCUT2D eigenvalue weighted by atomic mass is 32.1. The van der Waals surface area contributed by atoms with E-state index in [0.717, 1.165) is 16.0 Å². The van der Waals surface area contributed by atoms with Crippen LogP contribution in [0.5, 0.6) is 5.75 Å². The number of benzene rings is 1. The molecular weight excluding hydrogens is 351 g/mol. The van der Waals surface area contributed by atoms with Crippen molar-refractivity contribution in [2.45, 2.75) is 12.8 Å². The van der Waals surface area contributed by atoms with Gasteiger partial charge < -0.3 is 10.1 Å². The fraction of sp³-hybridized carbons (Fsp3) is 0.176. The number of nitrogens with zero attached hydrogens (tertiary/aromatic N) is 2. The van der Waals surface area contributed by atoms with Crippen molar-refractivity contribution >= 4 is 27.4 Å². The molecule has 2 aromatic heterocycles. The Morgan fingerprint density at radius 3 is 2.68 bits per heavy atom. The van der Waals surface area contributed by atoms with Crippen LogP contribution in [-0.4, -0.2) is 22.9 Å². The van der Waals surface area contributed by atoms with Gasteiger partial charge in [0.25, 0.3) is 0 Å². The van der Waals surface area contributed by atoms with Gasteiger partial charge in [-0.05, 0) is 35.7 Å². The monoisotopic (exact) mass is 363 g/mol. The molecule has 0 saturated carbocycles. The second-order valence-electron chi connectivity index (χ2n) is 4.91. The third kappa shape index (κ3) is 4.84. The third-order valence-corrected chi connectivity index (χ3v) is 3.95. The van der Waals surface area contributed by atoms with Crippen molar-refractivity contribution in [3.63, 3.8) is 0 Å². The van der Waals surface area contributed by atoms with Gasteiger partial charge in [0.15, 0.2) is 0 Å². The number of anilines is 1. The fourth-order valence-corrected chi connectivity index (χ4v) is 2.81. The van der Waals surface area contributed by atoms with Crippen molar-refractivity contribution in [3.8, 4) is 17.6 Å². The Bertz CT molecular complexity index is 911. The van der Waals surface area contributed by atoms with Crippen molar-refractivity contribution in [3.05, 3.63) is 47.6 Å². The van der Waals surface area contributed by atoms with Crippen molar-refractivity contribution in [2.75, 3.05) is 11.9 Å². The van der Waals surface area contributed by atoms with Gasteiger partial charge in [-0.2, -0.15) is 0 Å². The average Bonchev–Trinajstić information content (AvgIpc) is 3.04. The lowest BCUT2D eigenvalue weighted by atomic mass is 10.2. The number of nitrogens with one attached hydrogen (secondary N) is 1. The molecule has 128 valence electrons. The van der Waals surface area contributed by atoms with Crippen molar-refractivity contribution in [2.24, 2.45) is 0 Å². The van der Waals surface area contributed by atoms with Gasteiger partial charge in [0, 0.05) is 18.5 Å². The van der Waals surface area contributed by atoms with Gasteiger partial charge in [-0.15, -0.1) is 24.5 Å². The molecule has 0 fully saturated rings. The van der Waals surface area contributed by atoms with Crippen LogP contribution in [0.25, 0.3) is 10.2 Å². The van der Waals surface area contributed by atoms with Gasteiger partial charge in [-0.25, -0.2) is 9.97 Å². The molecule has 0 amide bonds. The van der Waals surface area contributed by atoms with Crippen LogP contribution in [0.3, 0.4) is 0 Å². The lowest BCUT2D eigenvalue weighted by Crippen LogP contribution is -2.16. The molecule has 0 aliphatic heterocycles. The van der Waals surface area contributed by atoms with Crippen molar-refractivity contribution in [1.82, 2.24) is 9.97 Å². The highest BCUT2D eigenvalue weighted by Crippen LogP contribution is 2.24.